The van der Waals surface area contributed by atoms with Gasteiger partial charge in [-0.1, -0.05) is 36.9 Å². The van der Waals surface area contributed by atoms with Crippen molar-refractivity contribution in [1.29, 1.82) is 0 Å². The zero-order valence-electron chi connectivity index (χ0n) is 13.9. The fraction of sp³-hybridized carbons (Fsp3) is 0.0952. The van der Waals surface area contributed by atoms with E-state index in [0.717, 1.165) is 28.2 Å². The molecule has 0 radical (unpaired) electrons. The molecule has 1 heterocycles. The van der Waals surface area contributed by atoms with Crippen LogP contribution >= 0.6 is 0 Å². The van der Waals surface area contributed by atoms with Crippen molar-refractivity contribution in [2.45, 2.75) is 13.8 Å². The quantitative estimate of drug-likeness (QED) is 0.875. The van der Waals surface area contributed by atoms with Crippen LogP contribution in [0.4, 0.5) is 11.4 Å². The Morgan fingerprint density at radius 1 is 1.08 bits per heavy atom. The molecule has 3 nitrogen and oxygen atoms in total. The maximum absolute atomic E-state index is 11.3. The summed E-state index contributed by atoms with van der Waals surface area (Å²) in [6, 6.07) is 16.1. The van der Waals surface area contributed by atoms with Gasteiger partial charge in [0.1, 0.15) is 0 Å². The molecule has 0 aliphatic carbocycles. The van der Waals surface area contributed by atoms with E-state index < -0.39 is 0 Å². The van der Waals surface area contributed by atoms with Crippen molar-refractivity contribution >= 4 is 22.9 Å². The monoisotopic (exact) mass is 316 g/mol. The SMILES string of the molecule is C=C1C=CC(c2cccc(NC(C)=O)c2)=CN1c1cccc(C)c1. The lowest BCUT2D eigenvalue weighted by Crippen LogP contribution is -2.16. The lowest BCUT2D eigenvalue weighted by atomic mass is 10.0. The van der Waals surface area contributed by atoms with Crippen molar-refractivity contribution in [2.75, 3.05) is 10.2 Å². The average Bonchev–Trinajstić information content (AvgIpc) is 2.55. The Morgan fingerprint density at radius 3 is 2.62 bits per heavy atom. The van der Waals surface area contributed by atoms with Gasteiger partial charge in [0, 0.05) is 30.2 Å². The Labute approximate surface area is 142 Å². The topological polar surface area (TPSA) is 32.3 Å². The number of anilines is 2. The second kappa shape index (κ2) is 6.59. The van der Waals surface area contributed by atoms with Crippen molar-refractivity contribution in [3.05, 3.63) is 90.3 Å². The van der Waals surface area contributed by atoms with E-state index >= 15 is 0 Å². The van der Waals surface area contributed by atoms with Crippen LogP contribution in [-0.4, -0.2) is 5.91 Å². The summed E-state index contributed by atoms with van der Waals surface area (Å²) in [6.07, 6.45) is 6.12. The van der Waals surface area contributed by atoms with Crippen LogP contribution in [0.1, 0.15) is 18.1 Å². The second-order valence-electron chi connectivity index (χ2n) is 5.88. The number of benzene rings is 2. The fourth-order valence-corrected chi connectivity index (χ4v) is 2.70. The van der Waals surface area contributed by atoms with E-state index in [2.05, 4.69) is 48.1 Å². The van der Waals surface area contributed by atoms with Gasteiger partial charge in [-0.05, 0) is 54.0 Å². The lowest BCUT2D eigenvalue weighted by molar-refractivity contribution is -0.114. The van der Waals surface area contributed by atoms with E-state index in [9.17, 15) is 4.79 Å². The number of aryl methyl sites for hydroxylation is 1. The first kappa shape index (κ1) is 15.8. The zero-order valence-corrected chi connectivity index (χ0v) is 13.9. The molecule has 24 heavy (non-hydrogen) atoms. The van der Waals surface area contributed by atoms with Crippen molar-refractivity contribution in [2.24, 2.45) is 0 Å². The molecule has 0 bridgehead atoms. The average molecular weight is 316 g/mol. The molecular weight excluding hydrogens is 296 g/mol. The molecule has 1 amide bonds. The number of allylic oxidation sites excluding steroid dienone is 3. The van der Waals surface area contributed by atoms with Crippen LogP contribution < -0.4 is 10.2 Å². The highest BCUT2D eigenvalue weighted by atomic mass is 16.1. The van der Waals surface area contributed by atoms with E-state index in [-0.39, 0.29) is 5.91 Å². The zero-order chi connectivity index (χ0) is 17.1. The molecule has 1 aliphatic rings. The first-order chi connectivity index (χ1) is 11.5. The number of amides is 1. The van der Waals surface area contributed by atoms with Gasteiger partial charge in [0.15, 0.2) is 0 Å². The van der Waals surface area contributed by atoms with Gasteiger partial charge in [-0.3, -0.25) is 4.79 Å². The molecule has 3 heteroatoms. The standard InChI is InChI=1S/C21H20N2O/c1-15-6-4-9-21(12-15)23-14-19(11-10-16(23)2)18-7-5-8-20(13-18)22-17(3)24/h4-14H,2H2,1,3H3,(H,22,24). The van der Waals surface area contributed by atoms with Crippen molar-refractivity contribution < 1.29 is 4.79 Å². The number of rotatable bonds is 3. The molecule has 2 aromatic rings. The van der Waals surface area contributed by atoms with Crippen LogP contribution in [0.25, 0.3) is 5.57 Å². The van der Waals surface area contributed by atoms with Crippen molar-refractivity contribution in [3.63, 3.8) is 0 Å². The maximum atomic E-state index is 11.3. The minimum atomic E-state index is -0.0740. The van der Waals surface area contributed by atoms with Gasteiger partial charge < -0.3 is 10.2 Å². The van der Waals surface area contributed by atoms with Crippen LogP contribution in [0, 0.1) is 6.92 Å². The van der Waals surface area contributed by atoms with E-state index in [1.165, 1.54) is 12.5 Å². The summed E-state index contributed by atoms with van der Waals surface area (Å²) in [5.74, 6) is -0.0740. The summed E-state index contributed by atoms with van der Waals surface area (Å²) in [4.78, 5) is 13.3. The first-order valence-electron chi connectivity index (χ1n) is 7.86. The minimum Gasteiger partial charge on any atom is -0.326 e. The minimum absolute atomic E-state index is 0.0740. The summed E-state index contributed by atoms with van der Waals surface area (Å²) in [7, 11) is 0. The summed E-state index contributed by atoms with van der Waals surface area (Å²) in [5.41, 5.74) is 6.11. The van der Waals surface area contributed by atoms with Gasteiger partial charge in [-0.2, -0.15) is 0 Å². The Kier molecular flexibility index (Phi) is 4.34. The fourth-order valence-electron chi connectivity index (χ4n) is 2.70. The Balaban J connectivity index is 1.96. The largest absolute Gasteiger partial charge is 0.326 e. The highest BCUT2D eigenvalue weighted by molar-refractivity contribution is 5.90. The molecule has 1 N–H and O–H groups in total. The molecular formula is C21H20N2O. The normalized spacial score (nSPS) is 13.7. The second-order valence-corrected chi connectivity index (χ2v) is 5.88. The first-order valence-corrected chi connectivity index (χ1v) is 7.86. The van der Waals surface area contributed by atoms with Crippen LogP contribution in [0.2, 0.25) is 0 Å². The van der Waals surface area contributed by atoms with Gasteiger partial charge in [0.2, 0.25) is 5.91 Å². The summed E-state index contributed by atoms with van der Waals surface area (Å²) in [5, 5.41) is 2.82. The molecule has 0 spiro atoms. The van der Waals surface area contributed by atoms with E-state index in [1.807, 2.05) is 42.5 Å². The summed E-state index contributed by atoms with van der Waals surface area (Å²) in [6.45, 7) is 7.71. The number of hydrogen-bond donors (Lipinski definition) is 1. The van der Waals surface area contributed by atoms with Crippen LogP contribution in [0.15, 0.2) is 79.2 Å². The Morgan fingerprint density at radius 2 is 1.88 bits per heavy atom. The predicted octanol–water partition coefficient (Wildman–Crippen LogP) is 4.88. The lowest BCUT2D eigenvalue weighted by Gasteiger charge is -2.26. The van der Waals surface area contributed by atoms with Gasteiger partial charge >= 0.3 is 0 Å². The molecule has 0 saturated carbocycles. The number of carbonyl (C=O) groups excluding carboxylic acids is 1. The molecule has 0 atom stereocenters. The van der Waals surface area contributed by atoms with Gasteiger partial charge in [0.05, 0.1) is 0 Å². The number of nitrogens with zero attached hydrogens (tertiary/aromatic N) is 1. The predicted molar refractivity (Wildman–Crippen MR) is 101 cm³/mol. The van der Waals surface area contributed by atoms with E-state index in [0.29, 0.717) is 0 Å². The third-order valence-corrected chi connectivity index (χ3v) is 3.83. The highest BCUT2D eigenvalue weighted by Crippen LogP contribution is 2.30. The Hall–Kier alpha value is -3.07. The van der Waals surface area contributed by atoms with Crippen LogP contribution in [0.5, 0.6) is 0 Å². The molecule has 0 unspecified atom stereocenters. The molecule has 1 aliphatic heterocycles. The smallest absolute Gasteiger partial charge is 0.221 e. The third kappa shape index (κ3) is 3.46. The van der Waals surface area contributed by atoms with Crippen molar-refractivity contribution in [1.82, 2.24) is 0 Å². The third-order valence-electron chi connectivity index (χ3n) is 3.83. The maximum Gasteiger partial charge on any atom is 0.221 e. The molecule has 3 rings (SSSR count). The molecule has 2 aromatic carbocycles. The highest BCUT2D eigenvalue weighted by Gasteiger charge is 2.13. The molecule has 0 fully saturated rings. The van der Waals surface area contributed by atoms with Gasteiger partial charge in [-0.15, -0.1) is 0 Å². The van der Waals surface area contributed by atoms with Gasteiger partial charge in [-0.25, -0.2) is 0 Å². The molecule has 0 aromatic heterocycles. The van der Waals surface area contributed by atoms with E-state index in [1.54, 1.807) is 0 Å². The van der Waals surface area contributed by atoms with Crippen LogP contribution in [-0.2, 0) is 4.79 Å². The number of hydrogen-bond acceptors (Lipinski definition) is 2. The summed E-state index contributed by atoms with van der Waals surface area (Å²) < 4.78 is 0. The molecule has 0 saturated heterocycles. The number of carbonyl (C=O) groups is 1. The summed E-state index contributed by atoms with van der Waals surface area (Å²) >= 11 is 0. The van der Waals surface area contributed by atoms with E-state index in [4.69, 9.17) is 0 Å². The van der Waals surface area contributed by atoms with Gasteiger partial charge in [0.25, 0.3) is 0 Å². The molecule has 120 valence electrons. The number of nitrogens with one attached hydrogen (secondary N) is 1. The van der Waals surface area contributed by atoms with Crippen LogP contribution in [0.3, 0.4) is 0 Å². The Bertz CT molecular complexity index is 862. The van der Waals surface area contributed by atoms with Crippen molar-refractivity contribution in [3.8, 4) is 0 Å².